The lowest BCUT2D eigenvalue weighted by Crippen LogP contribution is -2.36. The first kappa shape index (κ1) is 17.1. The fourth-order valence-electron chi connectivity index (χ4n) is 3.81. The number of hydrogen-bond donors (Lipinski definition) is 1. The van der Waals surface area contributed by atoms with Crippen LogP contribution in [0.15, 0.2) is 48.5 Å². The maximum Gasteiger partial charge on any atom is 0.323 e. The highest BCUT2D eigenvalue weighted by Crippen LogP contribution is 2.31. The molecule has 1 aliphatic rings. The third-order valence-corrected chi connectivity index (χ3v) is 5.08. The van der Waals surface area contributed by atoms with Gasteiger partial charge in [0.05, 0.1) is 7.11 Å². The Balaban J connectivity index is 1.68. The van der Waals surface area contributed by atoms with Crippen molar-refractivity contribution in [1.82, 2.24) is 9.47 Å². The quantitative estimate of drug-likeness (QED) is 0.773. The average molecular weight is 364 g/mol. The first-order valence-corrected chi connectivity index (χ1v) is 8.82. The van der Waals surface area contributed by atoms with Gasteiger partial charge in [0, 0.05) is 47.2 Å². The van der Waals surface area contributed by atoms with Gasteiger partial charge in [0.1, 0.15) is 12.3 Å². The molecule has 3 aromatic rings. The lowest BCUT2D eigenvalue weighted by atomic mass is 10.0. The van der Waals surface area contributed by atoms with Crippen molar-refractivity contribution in [3.63, 3.8) is 0 Å². The number of carboxylic acid groups (broad SMARTS) is 1. The highest BCUT2D eigenvalue weighted by molar-refractivity contribution is 5.95. The number of nitrogens with zero attached hydrogens (tertiary/aromatic N) is 2. The van der Waals surface area contributed by atoms with Crippen LogP contribution in [0.5, 0.6) is 5.75 Å². The second kappa shape index (κ2) is 6.79. The van der Waals surface area contributed by atoms with E-state index in [4.69, 9.17) is 4.74 Å². The Labute approximate surface area is 156 Å². The number of methoxy groups -OCH3 is 1. The van der Waals surface area contributed by atoms with E-state index >= 15 is 0 Å². The third-order valence-electron chi connectivity index (χ3n) is 5.08. The molecule has 138 valence electrons. The highest BCUT2D eigenvalue weighted by Gasteiger charge is 2.27. The number of benzene rings is 2. The van der Waals surface area contributed by atoms with Gasteiger partial charge < -0.3 is 19.3 Å². The lowest BCUT2D eigenvalue weighted by molar-refractivity contribution is -0.137. The molecule has 0 spiro atoms. The van der Waals surface area contributed by atoms with Crippen molar-refractivity contribution in [2.75, 3.05) is 13.7 Å². The molecule has 0 saturated heterocycles. The zero-order valence-corrected chi connectivity index (χ0v) is 15.0. The predicted octanol–water partition coefficient (Wildman–Crippen LogP) is 2.93. The first-order valence-electron chi connectivity index (χ1n) is 8.82. The Hall–Kier alpha value is -3.28. The first-order chi connectivity index (χ1) is 13.1. The Bertz CT molecular complexity index is 1020. The number of aromatic nitrogens is 1. The van der Waals surface area contributed by atoms with Crippen LogP contribution in [0.2, 0.25) is 0 Å². The molecule has 0 unspecified atom stereocenters. The van der Waals surface area contributed by atoms with Gasteiger partial charge in [-0.2, -0.15) is 0 Å². The van der Waals surface area contributed by atoms with Crippen molar-refractivity contribution >= 4 is 22.8 Å². The molecule has 1 amide bonds. The molecule has 1 aliphatic heterocycles. The van der Waals surface area contributed by atoms with E-state index in [1.165, 1.54) is 0 Å². The average Bonchev–Trinajstić information content (AvgIpc) is 3.00. The molecule has 1 aromatic heterocycles. The fraction of sp³-hybridized carbons (Fsp3) is 0.238. The third kappa shape index (κ3) is 3.03. The van der Waals surface area contributed by atoms with E-state index in [0.29, 0.717) is 30.8 Å². The SMILES string of the molecule is COc1ccc(C(=O)N2CCc3c(c4ccccc4n3CC(=O)O)C2)cc1. The summed E-state index contributed by atoms with van der Waals surface area (Å²) in [6.07, 6.45) is 0.638. The molecular formula is C21H20N2O4. The van der Waals surface area contributed by atoms with Crippen LogP contribution in [0.3, 0.4) is 0 Å². The molecule has 1 N–H and O–H groups in total. The summed E-state index contributed by atoms with van der Waals surface area (Å²) in [5.74, 6) is -0.183. The van der Waals surface area contributed by atoms with Crippen molar-refractivity contribution in [3.05, 3.63) is 65.4 Å². The number of carbonyl (C=O) groups excluding carboxylic acids is 1. The summed E-state index contributed by atoms with van der Waals surface area (Å²) < 4.78 is 7.01. The van der Waals surface area contributed by atoms with Crippen LogP contribution in [0.1, 0.15) is 21.6 Å². The fourth-order valence-corrected chi connectivity index (χ4v) is 3.81. The van der Waals surface area contributed by atoms with Gasteiger partial charge >= 0.3 is 5.97 Å². The van der Waals surface area contributed by atoms with Gasteiger partial charge in [0.15, 0.2) is 0 Å². The van der Waals surface area contributed by atoms with E-state index in [1.54, 1.807) is 31.4 Å². The van der Waals surface area contributed by atoms with Crippen molar-refractivity contribution in [2.45, 2.75) is 19.5 Å². The normalized spacial score (nSPS) is 13.4. The molecule has 6 heteroatoms. The Morgan fingerprint density at radius 2 is 1.85 bits per heavy atom. The van der Waals surface area contributed by atoms with Gasteiger partial charge in [-0.25, -0.2) is 0 Å². The van der Waals surface area contributed by atoms with Crippen molar-refractivity contribution in [1.29, 1.82) is 0 Å². The van der Waals surface area contributed by atoms with Crippen molar-refractivity contribution in [3.8, 4) is 5.75 Å². The van der Waals surface area contributed by atoms with Crippen LogP contribution in [0.25, 0.3) is 10.9 Å². The number of aliphatic carboxylic acids is 1. The monoisotopic (exact) mass is 364 g/mol. The van der Waals surface area contributed by atoms with Gasteiger partial charge in [-0.1, -0.05) is 18.2 Å². The summed E-state index contributed by atoms with van der Waals surface area (Å²) in [5, 5.41) is 10.3. The van der Waals surface area contributed by atoms with Gasteiger partial charge in [-0.15, -0.1) is 0 Å². The van der Waals surface area contributed by atoms with Crippen LogP contribution in [0.4, 0.5) is 0 Å². The molecule has 6 nitrogen and oxygen atoms in total. The highest BCUT2D eigenvalue weighted by atomic mass is 16.5. The number of hydrogen-bond acceptors (Lipinski definition) is 3. The van der Waals surface area contributed by atoms with Crippen LogP contribution in [-0.2, 0) is 24.3 Å². The minimum atomic E-state index is -0.865. The molecule has 27 heavy (non-hydrogen) atoms. The molecule has 0 aliphatic carbocycles. The van der Waals surface area contributed by atoms with E-state index < -0.39 is 5.97 Å². The zero-order valence-electron chi connectivity index (χ0n) is 15.0. The van der Waals surface area contributed by atoms with Gasteiger partial charge in [-0.05, 0) is 30.3 Å². The Morgan fingerprint density at radius 1 is 1.11 bits per heavy atom. The van der Waals surface area contributed by atoms with Crippen molar-refractivity contribution in [2.24, 2.45) is 0 Å². The van der Waals surface area contributed by atoms with Crippen LogP contribution in [0, 0.1) is 0 Å². The molecule has 0 bridgehead atoms. The maximum absolute atomic E-state index is 12.9. The van der Waals surface area contributed by atoms with E-state index in [2.05, 4.69) is 0 Å². The number of fused-ring (bicyclic) bond motifs is 3. The molecule has 2 aromatic carbocycles. The molecule has 2 heterocycles. The molecule has 0 atom stereocenters. The molecule has 4 rings (SSSR count). The van der Waals surface area contributed by atoms with Crippen LogP contribution < -0.4 is 4.74 Å². The number of para-hydroxylation sites is 1. The minimum absolute atomic E-state index is 0.0293. The minimum Gasteiger partial charge on any atom is -0.497 e. The summed E-state index contributed by atoms with van der Waals surface area (Å²) in [6, 6.07) is 14.9. The number of carboxylic acids is 1. The Morgan fingerprint density at radius 3 is 2.56 bits per heavy atom. The van der Waals surface area contributed by atoms with E-state index in [0.717, 1.165) is 22.2 Å². The van der Waals surface area contributed by atoms with Gasteiger partial charge in [0.2, 0.25) is 0 Å². The van der Waals surface area contributed by atoms with E-state index in [9.17, 15) is 14.7 Å². The Kier molecular flexibility index (Phi) is 4.32. The van der Waals surface area contributed by atoms with E-state index in [-0.39, 0.29) is 12.5 Å². The molecule has 0 saturated carbocycles. The maximum atomic E-state index is 12.9. The molecule has 0 radical (unpaired) electrons. The van der Waals surface area contributed by atoms with Crippen molar-refractivity contribution < 1.29 is 19.4 Å². The number of rotatable bonds is 4. The lowest BCUT2D eigenvalue weighted by Gasteiger charge is -2.28. The number of ether oxygens (including phenoxy) is 1. The molecular weight excluding hydrogens is 344 g/mol. The van der Waals surface area contributed by atoms with Crippen LogP contribution in [-0.4, -0.2) is 40.1 Å². The van der Waals surface area contributed by atoms with Gasteiger partial charge in [0.25, 0.3) is 5.91 Å². The summed E-state index contributed by atoms with van der Waals surface area (Å²) in [4.78, 5) is 26.0. The number of amides is 1. The smallest absolute Gasteiger partial charge is 0.323 e. The second-order valence-corrected chi connectivity index (χ2v) is 6.63. The molecule has 0 fully saturated rings. The predicted molar refractivity (Wildman–Crippen MR) is 101 cm³/mol. The zero-order chi connectivity index (χ0) is 19.0. The summed E-state index contributed by atoms with van der Waals surface area (Å²) in [5.41, 5.74) is 3.58. The second-order valence-electron chi connectivity index (χ2n) is 6.63. The summed E-state index contributed by atoms with van der Waals surface area (Å²) in [6.45, 7) is 0.976. The topological polar surface area (TPSA) is 71.8 Å². The van der Waals surface area contributed by atoms with Gasteiger partial charge in [-0.3, -0.25) is 9.59 Å². The number of carbonyl (C=O) groups is 2. The largest absolute Gasteiger partial charge is 0.497 e. The summed E-state index contributed by atoms with van der Waals surface area (Å²) >= 11 is 0. The van der Waals surface area contributed by atoms with Crippen LogP contribution >= 0.6 is 0 Å². The summed E-state index contributed by atoms with van der Waals surface area (Å²) in [7, 11) is 1.59. The standard InChI is InChI=1S/C21H20N2O4/c1-27-15-8-6-14(7-9-15)21(26)22-11-10-19-17(12-22)16-4-2-3-5-18(16)23(19)13-20(24)25/h2-9H,10-13H2,1H3,(H,24,25). The van der Waals surface area contributed by atoms with E-state index in [1.807, 2.05) is 33.7 Å².